The Morgan fingerprint density at radius 2 is 1.96 bits per heavy atom. The highest BCUT2D eigenvalue weighted by Gasteiger charge is 2.19. The lowest BCUT2D eigenvalue weighted by Gasteiger charge is -2.14. The van der Waals surface area contributed by atoms with E-state index in [2.05, 4.69) is 66.5 Å². The summed E-state index contributed by atoms with van der Waals surface area (Å²) < 4.78 is 0. The zero-order valence-corrected chi connectivity index (χ0v) is 14.8. The number of pyridine rings is 2. The lowest BCUT2D eigenvalue weighted by atomic mass is 9.92. The number of benzene rings is 1. The van der Waals surface area contributed by atoms with E-state index in [1.807, 2.05) is 18.5 Å². The van der Waals surface area contributed by atoms with Gasteiger partial charge in [-0.05, 0) is 53.3 Å². The maximum Gasteiger partial charge on any atom is 0.0702 e. The highest BCUT2D eigenvalue weighted by atomic mass is 14.7. The van der Waals surface area contributed by atoms with Crippen molar-refractivity contribution in [3.8, 4) is 0 Å². The first kappa shape index (κ1) is 15.3. The average Bonchev–Trinajstić information content (AvgIpc) is 3.11. The van der Waals surface area contributed by atoms with Gasteiger partial charge in [-0.25, -0.2) is 0 Å². The Morgan fingerprint density at radius 1 is 1.00 bits per heavy atom. The van der Waals surface area contributed by atoms with Gasteiger partial charge < -0.3 is 0 Å². The normalized spacial score (nSPS) is 18.6. The minimum atomic E-state index is 0.628. The van der Waals surface area contributed by atoms with Gasteiger partial charge in [0.25, 0.3) is 0 Å². The van der Waals surface area contributed by atoms with Crippen molar-refractivity contribution >= 4 is 22.0 Å². The van der Waals surface area contributed by atoms with Gasteiger partial charge in [0, 0.05) is 35.3 Å². The predicted molar refractivity (Wildman–Crippen MR) is 108 cm³/mol. The third-order valence-electron chi connectivity index (χ3n) is 5.32. The first-order valence-electron chi connectivity index (χ1n) is 9.21. The van der Waals surface area contributed by atoms with Crippen LogP contribution < -0.4 is 0 Å². The van der Waals surface area contributed by atoms with E-state index in [4.69, 9.17) is 4.98 Å². The van der Waals surface area contributed by atoms with Gasteiger partial charge in [0.15, 0.2) is 0 Å². The Bertz CT molecular complexity index is 1100. The van der Waals surface area contributed by atoms with Crippen molar-refractivity contribution in [2.24, 2.45) is 5.92 Å². The van der Waals surface area contributed by atoms with Crippen LogP contribution in [0.4, 0.5) is 0 Å². The van der Waals surface area contributed by atoms with Crippen LogP contribution in [-0.4, -0.2) is 9.97 Å². The molecule has 1 unspecified atom stereocenters. The van der Waals surface area contributed by atoms with Crippen molar-refractivity contribution in [1.29, 1.82) is 0 Å². The fourth-order valence-corrected chi connectivity index (χ4v) is 3.81. The summed E-state index contributed by atoms with van der Waals surface area (Å²) in [4.78, 5) is 9.18. The summed E-state index contributed by atoms with van der Waals surface area (Å²) in [5.74, 6) is 0.628. The number of aromatic nitrogens is 2. The third kappa shape index (κ3) is 2.59. The lowest BCUT2D eigenvalue weighted by Crippen LogP contribution is -1.97. The smallest absolute Gasteiger partial charge is 0.0702 e. The van der Waals surface area contributed by atoms with Crippen molar-refractivity contribution in [2.45, 2.75) is 19.8 Å². The second-order valence-corrected chi connectivity index (χ2v) is 7.18. The quantitative estimate of drug-likeness (QED) is 0.609. The summed E-state index contributed by atoms with van der Waals surface area (Å²) in [6.07, 6.45) is 15.0. The molecule has 2 nitrogen and oxygen atoms in total. The molecule has 2 heterocycles. The number of allylic oxidation sites excluding steroid dienone is 5. The van der Waals surface area contributed by atoms with Crippen LogP contribution in [0, 0.1) is 5.92 Å². The topological polar surface area (TPSA) is 25.8 Å². The molecule has 2 heteroatoms. The van der Waals surface area contributed by atoms with Gasteiger partial charge in [0.05, 0.1) is 11.2 Å². The minimum absolute atomic E-state index is 0.628. The molecule has 0 N–H and O–H groups in total. The molecule has 1 aromatic carbocycles. The molecule has 0 spiro atoms. The SMILES string of the molecule is CC1C=CC(c2cnc3c(c2)C(c2ccc4ncccc4c2)=CC3)=CC1. The zero-order valence-electron chi connectivity index (χ0n) is 14.8. The molecular weight excluding hydrogens is 316 g/mol. The van der Waals surface area contributed by atoms with Crippen molar-refractivity contribution in [2.75, 3.05) is 0 Å². The van der Waals surface area contributed by atoms with Crippen LogP contribution in [0.2, 0.25) is 0 Å². The first-order chi connectivity index (χ1) is 12.8. The molecular formula is C24H20N2. The largest absolute Gasteiger partial charge is 0.260 e. The number of hydrogen-bond donors (Lipinski definition) is 0. The second kappa shape index (κ2) is 6.06. The van der Waals surface area contributed by atoms with Crippen LogP contribution in [0.25, 0.3) is 22.0 Å². The summed E-state index contributed by atoms with van der Waals surface area (Å²) in [5.41, 5.74) is 8.49. The standard InChI is InChI=1S/C24H20N2/c1-16-4-6-17(7-5-16)20-14-22-21(9-11-24(22)26-15-20)18-8-10-23-19(13-18)3-2-12-25-23/h2-4,6-10,12-16H,5,11H2,1H3. The summed E-state index contributed by atoms with van der Waals surface area (Å²) >= 11 is 0. The molecule has 2 aliphatic rings. The molecule has 3 aromatic rings. The van der Waals surface area contributed by atoms with E-state index in [0.717, 1.165) is 18.4 Å². The van der Waals surface area contributed by atoms with Crippen LogP contribution in [0.15, 0.2) is 73.1 Å². The van der Waals surface area contributed by atoms with Gasteiger partial charge in [0.2, 0.25) is 0 Å². The molecule has 126 valence electrons. The number of hydrogen-bond acceptors (Lipinski definition) is 2. The Morgan fingerprint density at radius 3 is 2.85 bits per heavy atom. The van der Waals surface area contributed by atoms with Gasteiger partial charge in [-0.15, -0.1) is 0 Å². The van der Waals surface area contributed by atoms with E-state index in [1.54, 1.807) is 0 Å². The Hall–Kier alpha value is -3.00. The second-order valence-electron chi connectivity index (χ2n) is 7.18. The summed E-state index contributed by atoms with van der Waals surface area (Å²) in [7, 11) is 0. The maximum atomic E-state index is 4.75. The van der Waals surface area contributed by atoms with E-state index in [-0.39, 0.29) is 0 Å². The van der Waals surface area contributed by atoms with Gasteiger partial charge in [-0.3, -0.25) is 9.97 Å². The fourth-order valence-electron chi connectivity index (χ4n) is 3.81. The molecule has 0 amide bonds. The Kier molecular flexibility index (Phi) is 3.56. The van der Waals surface area contributed by atoms with Crippen molar-refractivity contribution in [3.63, 3.8) is 0 Å². The maximum absolute atomic E-state index is 4.75. The monoisotopic (exact) mass is 336 g/mol. The van der Waals surface area contributed by atoms with Gasteiger partial charge in [-0.1, -0.05) is 43.4 Å². The van der Waals surface area contributed by atoms with E-state index in [0.29, 0.717) is 5.92 Å². The highest BCUT2D eigenvalue weighted by molar-refractivity contribution is 5.90. The average molecular weight is 336 g/mol. The van der Waals surface area contributed by atoms with Gasteiger partial charge in [0.1, 0.15) is 0 Å². The lowest BCUT2D eigenvalue weighted by molar-refractivity contribution is 0.739. The summed E-state index contributed by atoms with van der Waals surface area (Å²) in [5, 5.41) is 1.18. The summed E-state index contributed by atoms with van der Waals surface area (Å²) in [6, 6.07) is 12.9. The Labute approximate surface area is 153 Å². The van der Waals surface area contributed by atoms with Crippen LogP contribution in [-0.2, 0) is 6.42 Å². The molecule has 0 saturated heterocycles. The molecule has 5 rings (SSSR count). The van der Waals surface area contributed by atoms with Crippen molar-refractivity contribution < 1.29 is 0 Å². The third-order valence-corrected chi connectivity index (χ3v) is 5.32. The van der Waals surface area contributed by atoms with Crippen LogP contribution >= 0.6 is 0 Å². The molecule has 2 aromatic heterocycles. The molecule has 0 radical (unpaired) electrons. The molecule has 2 aliphatic carbocycles. The number of nitrogens with zero attached hydrogens (tertiary/aromatic N) is 2. The highest BCUT2D eigenvalue weighted by Crippen LogP contribution is 2.35. The van der Waals surface area contributed by atoms with E-state index in [1.165, 1.54) is 38.9 Å². The zero-order chi connectivity index (χ0) is 17.5. The molecule has 0 fully saturated rings. The van der Waals surface area contributed by atoms with E-state index < -0.39 is 0 Å². The number of rotatable bonds is 2. The molecule has 0 saturated carbocycles. The van der Waals surface area contributed by atoms with Crippen LogP contribution in [0.1, 0.15) is 35.7 Å². The van der Waals surface area contributed by atoms with Crippen molar-refractivity contribution in [3.05, 3.63) is 95.5 Å². The molecule has 26 heavy (non-hydrogen) atoms. The van der Waals surface area contributed by atoms with E-state index >= 15 is 0 Å². The van der Waals surface area contributed by atoms with Crippen molar-refractivity contribution in [1.82, 2.24) is 9.97 Å². The Balaban J connectivity index is 1.56. The summed E-state index contributed by atoms with van der Waals surface area (Å²) in [6.45, 7) is 2.25. The van der Waals surface area contributed by atoms with Gasteiger partial charge >= 0.3 is 0 Å². The number of fused-ring (bicyclic) bond motifs is 2. The van der Waals surface area contributed by atoms with E-state index in [9.17, 15) is 0 Å². The predicted octanol–water partition coefficient (Wildman–Crippen LogP) is 5.60. The molecule has 1 atom stereocenters. The van der Waals surface area contributed by atoms with Crippen LogP contribution in [0.5, 0.6) is 0 Å². The molecule has 0 aliphatic heterocycles. The van der Waals surface area contributed by atoms with Gasteiger partial charge in [-0.2, -0.15) is 0 Å². The van der Waals surface area contributed by atoms with Crippen LogP contribution in [0.3, 0.4) is 0 Å². The fraction of sp³-hybridized carbons (Fsp3) is 0.167. The minimum Gasteiger partial charge on any atom is -0.260 e. The molecule has 0 bridgehead atoms. The first-order valence-corrected chi connectivity index (χ1v) is 9.21.